The molecule has 2 aromatic rings. The highest BCUT2D eigenvalue weighted by Gasteiger charge is 2.34. The van der Waals surface area contributed by atoms with Crippen molar-refractivity contribution < 1.29 is 14.3 Å². The Labute approximate surface area is 146 Å². The lowest BCUT2D eigenvalue weighted by molar-refractivity contribution is -0.145. The van der Waals surface area contributed by atoms with Crippen molar-refractivity contribution in [2.45, 2.75) is 45.3 Å². The van der Waals surface area contributed by atoms with E-state index < -0.39 is 5.97 Å². The predicted octanol–water partition coefficient (Wildman–Crippen LogP) is 4.07. The normalized spacial score (nSPS) is 24.9. The molecule has 0 saturated carbocycles. The minimum atomic E-state index is -0.701. The molecule has 1 N–H and O–H groups in total. The largest absolute Gasteiger partial charge is 0.481 e. The number of aliphatic carboxylic acids is 1. The van der Waals surface area contributed by atoms with Crippen molar-refractivity contribution >= 4 is 17.6 Å². The lowest BCUT2D eigenvalue weighted by atomic mass is 9.87. The zero-order chi connectivity index (χ0) is 17.3. The van der Waals surface area contributed by atoms with Crippen molar-refractivity contribution in [3.05, 3.63) is 41.4 Å². The summed E-state index contributed by atoms with van der Waals surface area (Å²) in [6, 6.07) is 7.82. The monoisotopic (exact) mass is 348 g/mol. The number of hydrogen-bond donors (Lipinski definition) is 1. The second-order valence-electron chi connectivity index (χ2n) is 6.51. The van der Waals surface area contributed by atoms with Crippen LogP contribution in [0.4, 0.5) is 0 Å². The number of nitrogens with zero attached hydrogens (tertiary/aromatic N) is 2. The van der Waals surface area contributed by atoms with Crippen LogP contribution in [0, 0.1) is 5.92 Å². The Morgan fingerprint density at radius 2 is 2.08 bits per heavy atom. The lowest BCUT2D eigenvalue weighted by Gasteiger charge is -2.40. The Balaban J connectivity index is 1.72. The molecule has 0 amide bonds. The zero-order valence-electron chi connectivity index (χ0n) is 13.8. The van der Waals surface area contributed by atoms with E-state index in [4.69, 9.17) is 16.0 Å². The molecule has 2 heterocycles. The average Bonchev–Trinajstić information content (AvgIpc) is 2.99. The molecule has 5 nitrogen and oxygen atoms in total. The fourth-order valence-electron chi connectivity index (χ4n) is 3.45. The summed E-state index contributed by atoms with van der Waals surface area (Å²) in [5.41, 5.74) is 0.895. The van der Waals surface area contributed by atoms with E-state index in [1.807, 2.05) is 24.3 Å². The molecule has 1 saturated heterocycles. The highest BCUT2D eigenvalue weighted by Crippen LogP contribution is 2.30. The van der Waals surface area contributed by atoms with E-state index >= 15 is 0 Å². The SMILES string of the molecule is CC1CC(C(=O)O)CC(C)N1Cc1ncc(-c2cccc(Cl)c2)o1. The van der Waals surface area contributed by atoms with Crippen molar-refractivity contribution in [3.8, 4) is 11.3 Å². The third kappa shape index (κ3) is 3.62. The van der Waals surface area contributed by atoms with Crippen molar-refractivity contribution in [3.63, 3.8) is 0 Å². The van der Waals surface area contributed by atoms with Crippen LogP contribution in [0.5, 0.6) is 0 Å². The third-order valence-electron chi connectivity index (χ3n) is 4.71. The Morgan fingerprint density at radius 1 is 1.38 bits per heavy atom. The number of hydrogen-bond acceptors (Lipinski definition) is 4. The van der Waals surface area contributed by atoms with Crippen molar-refractivity contribution in [1.82, 2.24) is 9.88 Å². The average molecular weight is 349 g/mol. The van der Waals surface area contributed by atoms with Gasteiger partial charge in [0.1, 0.15) is 0 Å². The standard InChI is InChI=1S/C18H21ClN2O3/c1-11-6-14(18(22)23)7-12(2)21(11)10-17-20-9-16(24-17)13-4-3-5-15(19)8-13/h3-5,8-9,11-12,14H,6-7,10H2,1-2H3,(H,22,23). The van der Waals surface area contributed by atoms with E-state index in [9.17, 15) is 9.90 Å². The number of likely N-dealkylation sites (tertiary alicyclic amines) is 1. The first kappa shape index (κ1) is 17.0. The Kier molecular flexibility index (Phi) is 4.92. The maximum absolute atomic E-state index is 11.2. The molecule has 1 fully saturated rings. The quantitative estimate of drug-likeness (QED) is 0.902. The molecule has 1 aliphatic rings. The van der Waals surface area contributed by atoms with E-state index in [0.717, 1.165) is 5.56 Å². The number of halogens is 1. The van der Waals surface area contributed by atoms with Gasteiger partial charge >= 0.3 is 5.97 Å². The van der Waals surface area contributed by atoms with Crippen LogP contribution < -0.4 is 0 Å². The van der Waals surface area contributed by atoms with Crippen LogP contribution in [0.1, 0.15) is 32.6 Å². The molecule has 1 aliphatic heterocycles. The summed E-state index contributed by atoms with van der Waals surface area (Å²) >= 11 is 6.02. The fraction of sp³-hybridized carbons (Fsp3) is 0.444. The Bertz CT molecular complexity index is 719. The number of rotatable bonds is 4. The maximum Gasteiger partial charge on any atom is 0.306 e. The third-order valence-corrected chi connectivity index (χ3v) is 4.95. The van der Waals surface area contributed by atoms with Crippen molar-refractivity contribution in [1.29, 1.82) is 0 Å². The first-order valence-corrected chi connectivity index (χ1v) is 8.51. The number of carbonyl (C=O) groups is 1. The summed E-state index contributed by atoms with van der Waals surface area (Å²) < 4.78 is 5.87. The van der Waals surface area contributed by atoms with Crippen molar-refractivity contribution in [2.24, 2.45) is 5.92 Å². The smallest absolute Gasteiger partial charge is 0.306 e. The summed E-state index contributed by atoms with van der Waals surface area (Å²) in [6.45, 7) is 4.70. The van der Waals surface area contributed by atoms with Gasteiger partial charge in [0, 0.05) is 22.7 Å². The van der Waals surface area contributed by atoms with Crippen LogP contribution in [0.15, 0.2) is 34.9 Å². The lowest BCUT2D eigenvalue weighted by Crippen LogP contribution is -2.47. The number of oxazole rings is 1. The number of piperidine rings is 1. The Hall–Kier alpha value is -1.85. The summed E-state index contributed by atoms with van der Waals surface area (Å²) in [5, 5.41) is 9.90. The molecule has 6 heteroatoms. The van der Waals surface area contributed by atoms with Gasteiger partial charge in [0.15, 0.2) is 5.76 Å². The van der Waals surface area contributed by atoms with Gasteiger partial charge in [-0.2, -0.15) is 0 Å². The number of aromatic nitrogens is 1. The molecule has 0 bridgehead atoms. The van der Waals surface area contributed by atoms with Gasteiger partial charge in [-0.3, -0.25) is 9.69 Å². The van der Waals surface area contributed by atoms with Crippen LogP contribution in [0.2, 0.25) is 5.02 Å². The number of carboxylic acids is 1. The molecule has 3 rings (SSSR count). The second-order valence-corrected chi connectivity index (χ2v) is 6.94. The van der Waals surface area contributed by atoms with Gasteiger partial charge in [-0.1, -0.05) is 23.7 Å². The molecule has 0 aliphatic carbocycles. The first-order valence-electron chi connectivity index (χ1n) is 8.13. The molecular weight excluding hydrogens is 328 g/mol. The van der Waals surface area contributed by atoms with Crippen LogP contribution in [-0.2, 0) is 11.3 Å². The van der Waals surface area contributed by atoms with Gasteiger partial charge in [0.2, 0.25) is 5.89 Å². The zero-order valence-corrected chi connectivity index (χ0v) is 14.5. The molecule has 128 valence electrons. The molecule has 24 heavy (non-hydrogen) atoms. The second kappa shape index (κ2) is 6.95. The van der Waals surface area contributed by atoms with E-state index in [1.54, 1.807) is 6.20 Å². The predicted molar refractivity (Wildman–Crippen MR) is 91.8 cm³/mol. The summed E-state index contributed by atoms with van der Waals surface area (Å²) in [6.07, 6.45) is 3.02. The molecule has 1 aromatic carbocycles. The van der Waals surface area contributed by atoms with Crippen LogP contribution in [0.25, 0.3) is 11.3 Å². The molecule has 0 radical (unpaired) electrons. The van der Waals surface area contributed by atoms with Gasteiger partial charge in [-0.05, 0) is 38.8 Å². The molecule has 2 unspecified atom stereocenters. The summed E-state index contributed by atoms with van der Waals surface area (Å²) in [5.74, 6) is 0.358. The van der Waals surface area contributed by atoms with Crippen LogP contribution >= 0.6 is 11.6 Å². The van der Waals surface area contributed by atoms with E-state index in [1.165, 1.54) is 0 Å². The molecule has 0 spiro atoms. The first-order chi connectivity index (χ1) is 11.4. The van der Waals surface area contributed by atoms with Gasteiger partial charge in [0.05, 0.1) is 18.7 Å². The summed E-state index contributed by atoms with van der Waals surface area (Å²) in [4.78, 5) is 17.9. The van der Waals surface area contributed by atoms with Crippen molar-refractivity contribution in [2.75, 3.05) is 0 Å². The maximum atomic E-state index is 11.2. The highest BCUT2D eigenvalue weighted by atomic mass is 35.5. The number of benzene rings is 1. The van der Waals surface area contributed by atoms with Crippen LogP contribution in [-0.4, -0.2) is 33.0 Å². The van der Waals surface area contributed by atoms with E-state index in [2.05, 4.69) is 23.7 Å². The van der Waals surface area contributed by atoms with E-state index in [-0.39, 0.29) is 18.0 Å². The van der Waals surface area contributed by atoms with Gasteiger partial charge in [-0.15, -0.1) is 0 Å². The minimum Gasteiger partial charge on any atom is -0.481 e. The topological polar surface area (TPSA) is 66.6 Å². The number of carboxylic acid groups (broad SMARTS) is 1. The molecular formula is C18H21ClN2O3. The minimum absolute atomic E-state index is 0.177. The molecule has 2 atom stereocenters. The van der Waals surface area contributed by atoms with Gasteiger partial charge in [0.25, 0.3) is 0 Å². The van der Waals surface area contributed by atoms with E-state index in [0.29, 0.717) is 36.1 Å². The summed E-state index contributed by atoms with van der Waals surface area (Å²) in [7, 11) is 0. The highest BCUT2D eigenvalue weighted by molar-refractivity contribution is 6.30. The van der Waals surface area contributed by atoms with Gasteiger partial charge in [-0.25, -0.2) is 4.98 Å². The molecule has 1 aromatic heterocycles. The van der Waals surface area contributed by atoms with Gasteiger partial charge < -0.3 is 9.52 Å². The fourth-order valence-corrected chi connectivity index (χ4v) is 3.64. The van der Waals surface area contributed by atoms with Crippen LogP contribution in [0.3, 0.4) is 0 Å². The Morgan fingerprint density at radius 3 is 2.71 bits per heavy atom.